The Kier molecular flexibility index (Phi) is 4.39. The van der Waals surface area contributed by atoms with Gasteiger partial charge in [-0.2, -0.15) is 0 Å². The number of thioether (sulfide) groups is 1. The zero-order chi connectivity index (χ0) is 15.6. The SMILES string of the molecule is O=C(CS[C@@H]1CCS(=O)(=O)C1)NCc1cn2ccccc2n1. The number of pyridine rings is 1. The van der Waals surface area contributed by atoms with Crippen molar-refractivity contribution in [3.8, 4) is 0 Å². The molecule has 0 bridgehead atoms. The summed E-state index contributed by atoms with van der Waals surface area (Å²) >= 11 is 1.42. The van der Waals surface area contributed by atoms with E-state index in [2.05, 4.69) is 10.3 Å². The highest BCUT2D eigenvalue weighted by Crippen LogP contribution is 2.23. The molecule has 118 valence electrons. The van der Waals surface area contributed by atoms with Gasteiger partial charge in [-0.15, -0.1) is 11.8 Å². The van der Waals surface area contributed by atoms with Crippen LogP contribution in [0.3, 0.4) is 0 Å². The van der Waals surface area contributed by atoms with E-state index in [1.807, 2.05) is 35.0 Å². The summed E-state index contributed by atoms with van der Waals surface area (Å²) in [4.78, 5) is 16.2. The molecule has 0 spiro atoms. The first-order valence-electron chi connectivity index (χ1n) is 7.03. The van der Waals surface area contributed by atoms with E-state index in [0.29, 0.717) is 13.0 Å². The Morgan fingerprint density at radius 2 is 2.32 bits per heavy atom. The van der Waals surface area contributed by atoms with Gasteiger partial charge in [0.25, 0.3) is 0 Å². The quantitative estimate of drug-likeness (QED) is 0.874. The average Bonchev–Trinajstić information content (AvgIpc) is 3.05. The molecule has 0 radical (unpaired) electrons. The number of aromatic nitrogens is 2. The molecule has 3 rings (SSSR count). The second kappa shape index (κ2) is 6.29. The van der Waals surface area contributed by atoms with E-state index in [1.54, 1.807) is 0 Å². The number of rotatable bonds is 5. The summed E-state index contributed by atoms with van der Waals surface area (Å²) in [5.41, 5.74) is 1.64. The van der Waals surface area contributed by atoms with Crippen molar-refractivity contribution in [1.82, 2.24) is 14.7 Å². The second-order valence-corrected chi connectivity index (χ2v) is 8.83. The number of fused-ring (bicyclic) bond motifs is 1. The highest BCUT2D eigenvalue weighted by Gasteiger charge is 2.28. The molecular weight excluding hydrogens is 322 g/mol. The maximum absolute atomic E-state index is 11.8. The molecule has 2 aromatic heterocycles. The molecule has 0 unspecified atom stereocenters. The van der Waals surface area contributed by atoms with Gasteiger partial charge in [0.1, 0.15) is 5.65 Å². The Morgan fingerprint density at radius 1 is 1.45 bits per heavy atom. The van der Waals surface area contributed by atoms with Gasteiger partial charge in [0.15, 0.2) is 9.84 Å². The van der Waals surface area contributed by atoms with E-state index in [-0.39, 0.29) is 28.4 Å². The predicted octanol–water partition coefficient (Wildman–Crippen LogP) is 0.871. The van der Waals surface area contributed by atoms with E-state index < -0.39 is 9.84 Å². The molecular formula is C14H17N3O3S2. The van der Waals surface area contributed by atoms with Gasteiger partial charge in [-0.25, -0.2) is 13.4 Å². The molecule has 0 saturated carbocycles. The van der Waals surface area contributed by atoms with Gasteiger partial charge < -0.3 is 9.72 Å². The summed E-state index contributed by atoms with van der Waals surface area (Å²) in [6.45, 7) is 0.379. The van der Waals surface area contributed by atoms with Gasteiger partial charge in [0.2, 0.25) is 5.91 Å². The number of sulfone groups is 1. The van der Waals surface area contributed by atoms with E-state index in [0.717, 1.165) is 11.3 Å². The van der Waals surface area contributed by atoms with Crippen LogP contribution in [-0.2, 0) is 21.2 Å². The van der Waals surface area contributed by atoms with Crippen LogP contribution in [0.1, 0.15) is 12.1 Å². The van der Waals surface area contributed by atoms with Crippen molar-refractivity contribution in [2.75, 3.05) is 17.3 Å². The summed E-state index contributed by atoms with van der Waals surface area (Å²) < 4.78 is 24.6. The zero-order valence-corrected chi connectivity index (χ0v) is 13.6. The van der Waals surface area contributed by atoms with Crippen molar-refractivity contribution in [3.05, 3.63) is 36.3 Å². The van der Waals surface area contributed by atoms with Crippen LogP contribution in [0.15, 0.2) is 30.6 Å². The van der Waals surface area contributed by atoms with E-state index in [4.69, 9.17) is 0 Å². The number of nitrogens with zero attached hydrogens (tertiary/aromatic N) is 2. The van der Waals surface area contributed by atoms with Crippen LogP contribution in [-0.4, -0.2) is 46.2 Å². The predicted molar refractivity (Wildman–Crippen MR) is 86.6 cm³/mol. The van der Waals surface area contributed by atoms with Crippen LogP contribution in [0.4, 0.5) is 0 Å². The van der Waals surface area contributed by atoms with E-state index in [9.17, 15) is 13.2 Å². The summed E-state index contributed by atoms with van der Waals surface area (Å²) in [5, 5.41) is 2.87. The Bertz CT molecular complexity index is 752. The van der Waals surface area contributed by atoms with Crippen molar-refractivity contribution >= 4 is 33.2 Å². The molecule has 2 aromatic rings. The fraction of sp³-hybridized carbons (Fsp3) is 0.429. The van der Waals surface area contributed by atoms with Crippen molar-refractivity contribution in [2.24, 2.45) is 0 Å². The van der Waals surface area contributed by atoms with E-state index in [1.165, 1.54) is 11.8 Å². The molecule has 1 atom stereocenters. The first-order valence-corrected chi connectivity index (χ1v) is 9.90. The lowest BCUT2D eigenvalue weighted by Gasteiger charge is -2.07. The number of hydrogen-bond donors (Lipinski definition) is 1. The van der Waals surface area contributed by atoms with Gasteiger partial charge in [0, 0.05) is 17.6 Å². The normalized spacial score (nSPS) is 20.3. The van der Waals surface area contributed by atoms with Crippen molar-refractivity contribution in [1.29, 1.82) is 0 Å². The fourth-order valence-corrected chi connectivity index (χ4v) is 5.87. The van der Waals surface area contributed by atoms with Crippen molar-refractivity contribution in [3.63, 3.8) is 0 Å². The third-order valence-corrected chi connectivity index (χ3v) is 6.80. The molecule has 1 N–H and O–H groups in total. The molecule has 1 saturated heterocycles. The molecule has 1 aliphatic heterocycles. The van der Waals surface area contributed by atoms with Gasteiger partial charge in [-0.05, 0) is 18.6 Å². The number of hydrogen-bond acceptors (Lipinski definition) is 5. The first kappa shape index (κ1) is 15.4. The van der Waals surface area contributed by atoms with Crippen molar-refractivity contribution < 1.29 is 13.2 Å². The molecule has 1 fully saturated rings. The van der Waals surface area contributed by atoms with Gasteiger partial charge >= 0.3 is 0 Å². The average molecular weight is 339 g/mol. The zero-order valence-electron chi connectivity index (χ0n) is 11.9. The Labute approximate surface area is 133 Å². The third kappa shape index (κ3) is 3.80. The highest BCUT2D eigenvalue weighted by molar-refractivity contribution is 8.02. The minimum absolute atomic E-state index is 0.0472. The number of carbonyl (C=O) groups excluding carboxylic acids is 1. The smallest absolute Gasteiger partial charge is 0.230 e. The lowest BCUT2D eigenvalue weighted by atomic mass is 10.4. The summed E-state index contributed by atoms with van der Waals surface area (Å²) in [6.07, 6.45) is 4.43. The standard InChI is InChI=1S/C14H17N3O3S2/c18-14(9-21-12-4-6-22(19,20)10-12)15-7-11-8-17-5-2-1-3-13(17)16-11/h1-3,5,8,12H,4,6-7,9-10H2,(H,15,18)/t12-/m1/s1. The van der Waals surface area contributed by atoms with Gasteiger partial charge in [0.05, 0.1) is 29.5 Å². The summed E-state index contributed by atoms with van der Waals surface area (Å²) in [5.74, 6) is 0.629. The molecule has 22 heavy (non-hydrogen) atoms. The minimum atomic E-state index is -2.88. The molecule has 1 amide bonds. The van der Waals surface area contributed by atoms with E-state index >= 15 is 0 Å². The van der Waals surface area contributed by atoms with Gasteiger partial charge in [-0.3, -0.25) is 4.79 Å². The lowest BCUT2D eigenvalue weighted by Crippen LogP contribution is -2.25. The molecule has 3 heterocycles. The van der Waals surface area contributed by atoms with Crippen LogP contribution in [0.2, 0.25) is 0 Å². The first-order chi connectivity index (χ1) is 10.5. The summed E-state index contributed by atoms with van der Waals surface area (Å²) in [6, 6.07) is 5.74. The van der Waals surface area contributed by atoms with Crippen LogP contribution in [0.5, 0.6) is 0 Å². The monoisotopic (exact) mass is 339 g/mol. The minimum Gasteiger partial charge on any atom is -0.350 e. The maximum Gasteiger partial charge on any atom is 0.230 e. The fourth-order valence-electron chi connectivity index (χ4n) is 2.40. The molecule has 0 aliphatic carbocycles. The molecule has 6 nitrogen and oxygen atoms in total. The Hall–Kier alpha value is -1.54. The summed E-state index contributed by atoms with van der Waals surface area (Å²) in [7, 11) is -2.88. The number of amides is 1. The molecule has 1 aliphatic rings. The highest BCUT2D eigenvalue weighted by atomic mass is 32.2. The van der Waals surface area contributed by atoms with Crippen LogP contribution in [0, 0.1) is 0 Å². The van der Waals surface area contributed by atoms with Crippen LogP contribution >= 0.6 is 11.8 Å². The topological polar surface area (TPSA) is 80.5 Å². The van der Waals surface area contributed by atoms with Crippen LogP contribution in [0.25, 0.3) is 5.65 Å². The largest absolute Gasteiger partial charge is 0.350 e. The Morgan fingerprint density at radius 3 is 3.05 bits per heavy atom. The molecule has 8 heteroatoms. The maximum atomic E-state index is 11.8. The number of nitrogens with one attached hydrogen (secondary N) is 1. The Balaban J connectivity index is 1.46. The second-order valence-electron chi connectivity index (χ2n) is 5.31. The number of carbonyl (C=O) groups is 1. The third-order valence-electron chi connectivity index (χ3n) is 3.52. The molecule has 0 aromatic carbocycles. The van der Waals surface area contributed by atoms with Crippen molar-refractivity contribution in [2.45, 2.75) is 18.2 Å². The lowest BCUT2D eigenvalue weighted by molar-refractivity contribution is -0.118. The number of imidazole rings is 1. The van der Waals surface area contributed by atoms with Crippen LogP contribution < -0.4 is 5.32 Å². The van der Waals surface area contributed by atoms with Gasteiger partial charge in [-0.1, -0.05) is 6.07 Å².